The lowest BCUT2D eigenvalue weighted by Gasteiger charge is -2.08. The summed E-state index contributed by atoms with van der Waals surface area (Å²) in [4.78, 5) is 24.8. The number of benzene rings is 2. The van der Waals surface area contributed by atoms with Gasteiger partial charge < -0.3 is 10.1 Å². The number of esters is 1. The van der Waals surface area contributed by atoms with Crippen molar-refractivity contribution in [3.05, 3.63) is 76.1 Å². The van der Waals surface area contributed by atoms with Gasteiger partial charge in [0, 0.05) is 10.9 Å². The van der Waals surface area contributed by atoms with Gasteiger partial charge in [0.1, 0.15) is 10.6 Å². The first-order valence-electron chi connectivity index (χ1n) is 7.43. The molecule has 1 heterocycles. The van der Waals surface area contributed by atoms with E-state index in [-0.39, 0.29) is 5.91 Å². The lowest BCUT2D eigenvalue weighted by molar-refractivity contribution is 0.0603. The van der Waals surface area contributed by atoms with Gasteiger partial charge in [0.25, 0.3) is 5.91 Å². The monoisotopic (exact) mass is 371 g/mol. The molecule has 3 aromatic rings. The van der Waals surface area contributed by atoms with Crippen molar-refractivity contribution >= 4 is 39.8 Å². The van der Waals surface area contributed by atoms with Crippen molar-refractivity contribution in [3.63, 3.8) is 0 Å². The number of carbonyl (C=O) groups excluding carboxylic acids is 2. The van der Waals surface area contributed by atoms with Crippen LogP contribution < -0.4 is 5.32 Å². The van der Waals surface area contributed by atoms with E-state index < -0.39 is 5.97 Å². The van der Waals surface area contributed by atoms with E-state index in [4.69, 9.17) is 16.3 Å². The number of methoxy groups -OCH3 is 1. The molecule has 2 aromatic carbocycles. The molecule has 0 saturated carbocycles. The molecule has 0 saturated heterocycles. The summed E-state index contributed by atoms with van der Waals surface area (Å²) in [5.74, 6) is -0.883. The summed E-state index contributed by atoms with van der Waals surface area (Å²) in [7, 11) is 1.31. The molecule has 0 atom stereocenters. The van der Waals surface area contributed by atoms with E-state index in [1.165, 1.54) is 18.4 Å². The molecule has 1 amide bonds. The molecule has 0 spiro atoms. The van der Waals surface area contributed by atoms with Gasteiger partial charge in [-0.25, -0.2) is 4.79 Å². The molecular formula is C19H14ClNO3S. The Balaban J connectivity index is 2.00. The van der Waals surface area contributed by atoms with Gasteiger partial charge in [-0.1, -0.05) is 54.1 Å². The predicted octanol–water partition coefficient (Wildman–Crippen LogP) is 5.11. The van der Waals surface area contributed by atoms with Crippen LogP contribution in [0, 0.1) is 0 Å². The maximum absolute atomic E-state index is 12.5. The first-order valence-corrected chi connectivity index (χ1v) is 8.68. The number of amides is 1. The fraction of sp³-hybridized carbons (Fsp3) is 0.0526. The molecule has 1 aromatic heterocycles. The molecule has 6 heteroatoms. The second-order valence-electron chi connectivity index (χ2n) is 5.15. The minimum absolute atomic E-state index is 0.333. The number of rotatable bonds is 4. The van der Waals surface area contributed by atoms with Crippen LogP contribution in [0.15, 0.2) is 60.0 Å². The van der Waals surface area contributed by atoms with Crippen LogP contribution in [0.5, 0.6) is 0 Å². The summed E-state index contributed by atoms with van der Waals surface area (Å²) in [6.45, 7) is 0. The molecule has 0 fully saturated rings. The third-order valence-electron chi connectivity index (χ3n) is 3.61. The Hall–Kier alpha value is -2.63. The number of ether oxygens (including phenoxy) is 1. The Morgan fingerprint density at radius 1 is 1.04 bits per heavy atom. The Morgan fingerprint density at radius 2 is 1.72 bits per heavy atom. The van der Waals surface area contributed by atoms with Crippen LogP contribution >= 0.6 is 22.9 Å². The highest BCUT2D eigenvalue weighted by Gasteiger charge is 2.23. The van der Waals surface area contributed by atoms with Crippen LogP contribution in [-0.4, -0.2) is 19.0 Å². The zero-order chi connectivity index (χ0) is 17.8. The third kappa shape index (κ3) is 3.57. The molecule has 0 aliphatic rings. The largest absolute Gasteiger partial charge is 0.465 e. The standard InChI is InChI=1S/C19H14ClNO3S/c1-24-19(23)16-14(12-7-3-2-4-8-12)11-25-18(16)21-17(22)13-9-5-6-10-15(13)20/h2-11H,1H3,(H,21,22). The molecule has 1 N–H and O–H groups in total. The molecule has 0 radical (unpaired) electrons. The molecule has 0 aliphatic heterocycles. The van der Waals surface area contributed by atoms with Crippen molar-refractivity contribution in [1.29, 1.82) is 0 Å². The number of hydrogen-bond donors (Lipinski definition) is 1. The first kappa shape index (κ1) is 17.2. The fourth-order valence-corrected chi connectivity index (χ4v) is 3.57. The van der Waals surface area contributed by atoms with Gasteiger partial charge in [-0.15, -0.1) is 11.3 Å². The van der Waals surface area contributed by atoms with Gasteiger partial charge in [-0.05, 0) is 17.7 Å². The maximum Gasteiger partial charge on any atom is 0.341 e. The average molecular weight is 372 g/mol. The van der Waals surface area contributed by atoms with Gasteiger partial charge in [0.2, 0.25) is 0 Å². The summed E-state index contributed by atoms with van der Waals surface area (Å²) >= 11 is 7.33. The van der Waals surface area contributed by atoms with Crippen LogP contribution in [0.4, 0.5) is 5.00 Å². The van der Waals surface area contributed by atoms with E-state index in [2.05, 4.69) is 5.32 Å². The third-order valence-corrected chi connectivity index (χ3v) is 4.84. The Morgan fingerprint density at radius 3 is 2.40 bits per heavy atom. The summed E-state index contributed by atoms with van der Waals surface area (Å²) in [6, 6.07) is 16.2. The van der Waals surface area contributed by atoms with Crippen LogP contribution in [0.2, 0.25) is 5.02 Å². The summed E-state index contributed by atoms with van der Waals surface area (Å²) < 4.78 is 4.90. The first-order chi connectivity index (χ1) is 12.1. The lowest BCUT2D eigenvalue weighted by atomic mass is 10.0. The quantitative estimate of drug-likeness (QED) is 0.648. The van der Waals surface area contributed by atoms with E-state index in [9.17, 15) is 9.59 Å². The number of anilines is 1. The van der Waals surface area contributed by atoms with Gasteiger partial charge >= 0.3 is 5.97 Å². The molecule has 0 bridgehead atoms. The van der Waals surface area contributed by atoms with Gasteiger partial charge in [0.05, 0.1) is 17.7 Å². The van der Waals surface area contributed by atoms with Crippen LogP contribution in [0.3, 0.4) is 0 Å². The second-order valence-corrected chi connectivity index (χ2v) is 6.43. The number of halogens is 1. The Bertz CT molecular complexity index is 921. The summed E-state index contributed by atoms with van der Waals surface area (Å²) in [5, 5.41) is 5.36. The van der Waals surface area contributed by atoms with Crippen molar-refractivity contribution in [2.24, 2.45) is 0 Å². The number of carbonyl (C=O) groups is 2. The molecule has 4 nitrogen and oxygen atoms in total. The molecule has 0 aliphatic carbocycles. The van der Waals surface area contributed by atoms with Crippen molar-refractivity contribution in [1.82, 2.24) is 0 Å². The van der Waals surface area contributed by atoms with E-state index >= 15 is 0 Å². The maximum atomic E-state index is 12.5. The van der Waals surface area contributed by atoms with Crippen molar-refractivity contribution < 1.29 is 14.3 Å². The topological polar surface area (TPSA) is 55.4 Å². The number of hydrogen-bond acceptors (Lipinski definition) is 4. The van der Waals surface area contributed by atoms with Crippen molar-refractivity contribution in [2.45, 2.75) is 0 Å². The van der Waals surface area contributed by atoms with Crippen LogP contribution in [-0.2, 0) is 4.74 Å². The highest BCUT2D eigenvalue weighted by Crippen LogP contribution is 2.36. The Kier molecular flexibility index (Phi) is 5.16. The van der Waals surface area contributed by atoms with E-state index in [1.807, 2.05) is 35.7 Å². The number of thiophene rings is 1. The summed E-state index contributed by atoms with van der Waals surface area (Å²) in [5.41, 5.74) is 2.26. The minimum atomic E-state index is -0.505. The van der Waals surface area contributed by atoms with Crippen molar-refractivity contribution in [2.75, 3.05) is 12.4 Å². The van der Waals surface area contributed by atoms with E-state index in [0.29, 0.717) is 26.7 Å². The normalized spacial score (nSPS) is 10.3. The smallest absolute Gasteiger partial charge is 0.341 e. The fourth-order valence-electron chi connectivity index (χ4n) is 2.40. The molecule has 3 rings (SSSR count). The number of nitrogens with one attached hydrogen (secondary N) is 1. The van der Waals surface area contributed by atoms with Gasteiger partial charge in [0.15, 0.2) is 0 Å². The van der Waals surface area contributed by atoms with Crippen molar-refractivity contribution in [3.8, 4) is 11.1 Å². The molecular weight excluding hydrogens is 358 g/mol. The minimum Gasteiger partial charge on any atom is -0.465 e. The highest BCUT2D eigenvalue weighted by atomic mass is 35.5. The molecule has 25 heavy (non-hydrogen) atoms. The predicted molar refractivity (Wildman–Crippen MR) is 100 cm³/mol. The van der Waals surface area contributed by atoms with E-state index in [1.54, 1.807) is 24.3 Å². The van der Waals surface area contributed by atoms with Gasteiger partial charge in [-0.3, -0.25) is 4.79 Å². The molecule has 126 valence electrons. The van der Waals surface area contributed by atoms with Crippen LogP contribution in [0.1, 0.15) is 20.7 Å². The highest BCUT2D eigenvalue weighted by molar-refractivity contribution is 7.15. The summed E-state index contributed by atoms with van der Waals surface area (Å²) in [6.07, 6.45) is 0. The zero-order valence-corrected chi connectivity index (χ0v) is 14.9. The van der Waals surface area contributed by atoms with Crippen LogP contribution in [0.25, 0.3) is 11.1 Å². The van der Waals surface area contributed by atoms with Gasteiger partial charge in [-0.2, -0.15) is 0 Å². The lowest BCUT2D eigenvalue weighted by Crippen LogP contribution is -2.14. The second kappa shape index (κ2) is 7.51. The SMILES string of the molecule is COC(=O)c1c(-c2ccccc2)csc1NC(=O)c1ccccc1Cl. The average Bonchev–Trinajstić information content (AvgIpc) is 3.05. The van der Waals surface area contributed by atoms with E-state index in [0.717, 1.165) is 5.56 Å². The Labute approximate surface area is 154 Å². The molecule has 0 unspecified atom stereocenters. The zero-order valence-electron chi connectivity index (χ0n) is 13.3.